The van der Waals surface area contributed by atoms with Crippen LogP contribution in [0, 0.1) is 10.1 Å². The number of thioether (sulfide) groups is 2. The van der Waals surface area contributed by atoms with Crippen LogP contribution in [0.25, 0.3) is 0 Å². The Balaban J connectivity index is 1.43. The van der Waals surface area contributed by atoms with Crippen molar-refractivity contribution in [2.24, 2.45) is 0 Å². The van der Waals surface area contributed by atoms with Crippen LogP contribution in [-0.2, 0) is 27.0 Å². The highest BCUT2D eigenvalue weighted by molar-refractivity contribution is 7.98. The number of nitro groups is 1. The van der Waals surface area contributed by atoms with Gasteiger partial charge in [0.1, 0.15) is 5.75 Å². The topological polar surface area (TPSA) is 78.7 Å². The molecule has 4 aromatic rings. The van der Waals surface area contributed by atoms with Gasteiger partial charge in [0.05, 0.1) is 17.7 Å². The standard InChI is InChI=1S/C31H32NO5PS2/c1-2-36-38(35,37-29-17-15-28(16-18-29)32(33)34)19-9-10-25-20-26(23-39-30-11-5-3-6-12-30)22-27(21-25)24-40-31-13-7-4-8-14-31/h3-8,11-18,20-22H,2,9-10,19,23-24H2,1H3. The average molecular weight is 594 g/mol. The maximum absolute atomic E-state index is 13.5. The summed E-state index contributed by atoms with van der Waals surface area (Å²) in [6, 6.07) is 33.1. The van der Waals surface area contributed by atoms with E-state index in [2.05, 4.69) is 66.7 Å². The summed E-state index contributed by atoms with van der Waals surface area (Å²) in [6.45, 7) is 2.02. The number of rotatable bonds is 15. The Labute approximate surface area is 244 Å². The van der Waals surface area contributed by atoms with E-state index in [9.17, 15) is 14.7 Å². The van der Waals surface area contributed by atoms with Gasteiger partial charge in [0.15, 0.2) is 0 Å². The zero-order valence-corrected chi connectivity index (χ0v) is 24.8. The van der Waals surface area contributed by atoms with Gasteiger partial charge in [0.25, 0.3) is 5.69 Å². The molecule has 0 heterocycles. The Morgan fingerprint density at radius 3 is 1.80 bits per heavy atom. The third kappa shape index (κ3) is 9.56. The quantitative estimate of drug-likeness (QED) is 0.0588. The number of nitrogens with zero attached hydrogens (tertiary/aromatic N) is 1. The van der Waals surface area contributed by atoms with Crippen LogP contribution < -0.4 is 4.52 Å². The Bertz CT molecular complexity index is 1360. The van der Waals surface area contributed by atoms with Crippen molar-refractivity contribution >= 4 is 36.8 Å². The fraction of sp³-hybridized carbons (Fsp3) is 0.226. The summed E-state index contributed by atoms with van der Waals surface area (Å²) in [4.78, 5) is 12.9. The van der Waals surface area contributed by atoms with E-state index in [1.165, 1.54) is 50.7 Å². The summed E-state index contributed by atoms with van der Waals surface area (Å²) in [5.74, 6) is 2.02. The Kier molecular flexibility index (Phi) is 11.3. The number of hydrogen-bond donors (Lipinski definition) is 0. The van der Waals surface area contributed by atoms with E-state index >= 15 is 0 Å². The van der Waals surface area contributed by atoms with Crippen LogP contribution in [0.4, 0.5) is 5.69 Å². The highest BCUT2D eigenvalue weighted by atomic mass is 32.2. The molecule has 4 aromatic carbocycles. The van der Waals surface area contributed by atoms with Crippen molar-refractivity contribution in [2.75, 3.05) is 12.8 Å². The lowest BCUT2D eigenvalue weighted by Gasteiger charge is -2.19. The van der Waals surface area contributed by atoms with E-state index in [4.69, 9.17) is 9.05 Å². The molecule has 1 atom stereocenters. The maximum atomic E-state index is 13.5. The van der Waals surface area contributed by atoms with Gasteiger partial charge >= 0.3 is 7.60 Å². The maximum Gasteiger partial charge on any atom is 0.379 e. The second-order valence-corrected chi connectivity index (χ2v) is 13.3. The zero-order chi connectivity index (χ0) is 28.2. The minimum atomic E-state index is -3.42. The predicted octanol–water partition coefficient (Wildman–Crippen LogP) is 9.42. The summed E-state index contributed by atoms with van der Waals surface area (Å²) in [5, 5.41) is 10.9. The van der Waals surface area contributed by atoms with E-state index in [1.807, 2.05) is 35.7 Å². The average Bonchev–Trinajstić information content (AvgIpc) is 2.96. The molecule has 40 heavy (non-hydrogen) atoms. The van der Waals surface area contributed by atoms with Gasteiger partial charge in [-0.25, -0.2) is 4.57 Å². The number of hydrogen-bond acceptors (Lipinski definition) is 7. The number of nitro benzene ring substituents is 1. The summed E-state index contributed by atoms with van der Waals surface area (Å²) < 4.78 is 24.8. The summed E-state index contributed by atoms with van der Waals surface area (Å²) in [5.41, 5.74) is 3.65. The number of aryl methyl sites for hydroxylation is 1. The van der Waals surface area contributed by atoms with Gasteiger partial charge < -0.3 is 9.05 Å². The van der Waals surface area contributed by atoms with Crippen molar-refractivity contribution in [3.63, 3.8) is 0 Å². The third-order valence-corrected chi connectivity index (χ3v) is 10.1. The molecule has 0 aromatic heterocycles. The molecule has 0 spiro atoms. The lowest BCUT2D eigenvalue weighted by Crippen LogP contribution is -2.04. The molecular weight excluding hydrogens is 561 g/mol. The van der Waals surface area contributed by atoms with Gasteiger partial charge in [0.2, 0.25) is 0 Å². The van der Waals surface area contributed by atoms with Crippen LogP contribution in [0.5, 0.6) is 5.75 Å². The molecule has 0 bridgehead atoms. The highest BCUT2D eigenvalue weighted by Crippen LogP contribution is 2.49. The lowest BCUT2D eigenvalue weighted by molar-refractivity contribution is -0.384. The molecule has 0 aliphatic heterocycles. The van der Waals surface area contributed by atoms with Gasteiger partial charge in [-0.3, -0.25) is 10.1 Å². The van der Waals surface area contributed by atoms with Crippen LogP contribution in [0.1, 0.15) is 30.0 Å². The number of benzene rings is 4. The van der Waals surface area contributed by atoms with Crippen LogP contribution >= 0.6 is 31.1 Å². The predicted molar refractivity (Wildman–Crippen MR) is 165 cm³/mol. The molecule has 0 radical (unpaired) electrons. The lowest BCUT2D eigenvalue weighted by atomic mass is 10.0. The van der Waals surface area contributed by atoms with E-state index in [0.717, 1.165) is 17.9 Å². The number of non-ortho nitro benzene ring substituents is 1. The third-order valence-electron chi connectivity index (χ3n) is 5.93. The van der Waals surface area contributed by atoms with Gasteiger partial charge in [-0.05, 0) is 72.9 Å². The SMILES string of the molecule is CCOP(=O)(CCCc1cc(CSc2ccccc2)cc(CSc2ccccc2)c1)Oc1ccc([N+](=O)[O-])cc1. The van der Waals surface area contributed by atoms with Crippen molar-refractivity contribution in [1.82, 2.24) is 0 Å². The van der Waals surface area contributed by atoms with Crippen molar-refractivity contribution in [3.8, 4) is 5.75 Å². The molecule has 9 heteroatoms. The molecular formula is C31H32NO5PS2. The summed E-state index contributed by atoms with van der Waals surface area (Å²) in [6.07, 6.45) is 1.59. The second kappa shape index (κ2) is 15.1. The Morgan fingerprint density at radius 1 is 0.775 bits per heavy atom. The van der Waals surface area contributed by atoms with Crippen LogP contribution in [0.3, 0.4) is 0 Å². The fourth-order valence-electron chi connectivity index (χ4n) is 4.12. The minimum absolute atomic E-state index is 0.0508. The largest absolute Gasteiger partial charge is 0.424 e. The van der Waals surface area contributed by atoms with Crippen molar-refractivity contribution in [3.05, 3.63) is 130 Å². The fourth-order valence-corrected chi connectivity index (χ4v) is 7.47. The minimum Gasteiger partial charge on any atom is -0.424 e. The molecule has 0 saturated heterocycles. The van der Waals surface area contributed by atoms with Crippen LogP contribution in [0.2, 0.25) is 0 Å². The Morgan fingerprint density at radius 2 is 1.30 bits per heavy atom. The summed E-state index contributed by atoms with van der Waals surface area (Å²) >= 11 is 3.62. The van der Waals surface area contributed by atoms with Gasteiger partial charge in [-0.2, -0.15) is 0 Å². The normalized spacial score (nSPS) is 12.5. The van der Waals surface area contributed by atoms with Crippen molar-refractivity contribution in [2.45, 2.75) is 41.1 Å². The van der Waals surface area contributed by atoms with Crippen LogP contribution in [0.15, 0.2) is 113 Å². The monoisotopic (exact) mass is 593 g/mol. The highest BCUT2D eigenvalue weighted by Gasteiger charge is 2.25. The van der Waals surface area contributed by atoms with E-state index < -0.39 is 12.5 Å². The van der Waals surface area contributed by atoms with Gasteiger partial charge in [-0.1, -0.05) is 54.6 Å². The molecule has 0 aliphatic carbocycles. The molecule has 1 unspecified atom stereocenters. The van der Waals surface area contributed by atoms with Crippen molar-refractivity contribution < 1.29 is 18.5 Å². The second-order valence-electron chi connectivity index (χ2n) is 9.06. The van der Waals surface area contributed by atoms with Crippen LogP contribution in [-0.4, -0.2) is 17.7 Å². The zero-order valence-electron chi connectivity index (χ0n) is 22.3. The van der Waals surface area contributed by atoms with E-state index in [-0.39, 0.29) is 18.5 Å². The molecule has 0 amide bonds. The summed E-state index contributed by atoms with van der Waals surface area (Å²) in [7, 11) is -3.42. The molecule has 208 valence electrons. The molecule has 4 rings (SSSR count). The first-order valence-corrected chi connectivity index (χ1v) is 16.8. The smallest absolute Gasteiger partial charge is 0.379 e. The van der Waals surface area contributed by atoms with Gasteiger partial charge in [-0.15, -0.1) is 23.5 Å². The molecule has 0 aliphatic rings. The van der Waals surface area contributed by atoms with E-state index in [1.54, 1.807) is 6.92 Å². The molecule has 0 fully saturated rings. The first kappa shape index (κ1) is 29.9. The first-order valence-electron chi connectivity index (χ1n) is 13.1. The van der Waals surface area contributed by atoms with Crippen molar-refractivity contribution in [1.29, 1.82) is 0 Å². The first-order chi connectivity index (χ1) is 19.4. The van der Waals surface area contributed by atoms with Gasteiger partial charge in [0, 0.05) is 33.4 Å². The molecule has 6 nitrogen and oxygen atoms in total. The molecule has 0 saturated carbocycles. The van der Waals surface area contributed by atoms with E-state index in [0.29, 0.717) is 12.2 Å². The molecule has 0 N–H and O–H groups in total. The Hall–Kier alpha value is -3.03.